The molecular formula is C12H22O2S. The number of hydrogen-bond acceptors (Lipinski definition) is 2. The van der Waals surface area contributed by atoms with E-state index in [2.05, 4.69) is 25.7 Å². The van der Waals surface area contributed by atoms with Crippen molar-refractivity contribution in [2.24, 2.45) is 0 Å². The molecule has 2 nitrogen and oxygen atoms in total. The van der Waals surface area contributed by atoms with Crippen molar-refractivity contribution in [1.82, 2.24) is 0 Å². The van der Waals surface area contributed by atoms with Gasteiger partial charge >= 0.3 is 5.97 Å². The fourth-order valence-corrected chi connectivity index (χ4v) is 1.07. The summed E-state index contributed by atoms with van der Waals surface area (Å²) in [5.74, 6) is -1.06. The van der Waals surface area contributed by atoms with E-state index in [9.17, 15) is 4.79 Å². The molecule has 0 bridgehead atoms. The van der Waals surface area contributed by atoms with E-state index in [1.807, 2.05) is 6.08 Å². The van der Waals surface area contributed by atoms with Gasteiger partial charge in [-0.1, -0.05) is 57.3 Å². The van der Waals surface area contributed by atoms with Crippen molar-refractivity contribution in [2.45, 2.75) is 51.9 Å². The average Bonchev–Trinajstić information content (AvgIpc) is 2.24. The molecule has 88 valence electrons. The molecule has 1 N–H and O–H groups in total. The van der Waals surface area contributed by atoms with E-state index in [-0.39, 0.29) is 0 Å². The zero-order chi connectivity index (χ0) is 11.9. The summed E-state index contributed by atoms with van der Waals surface area (Å²) in [7, 11) is 0. The molecule has 15 heavy (non-hydrogen) atoms. The van der Waals surface area contributed by atoms with Crippen molar-refractivity contribution < 1.29 is 9.90 Å². The molecule has 0 rings (SSSR count). The Hall–Kier alpha value is -0.700. The summed E-state index contributed by atoms with van der Waals surface area (Å²) in [6.07, 6.45) is 11.6. The van der Waals surface area contributed by atoms with E-state index in [4.69, 9.17) is 5.11 Å². The van der Waals surface area contributed by atoms with Crippen LogP contribution in [0.15, 0.2) is 12.7 Å². The molecule has 0 aliphatic carbocycles. The summed E-state index contributed by atoms with van der Waals surface area (Å²) in [6.45, 7) is 5.95. The number of hydrogen-bond donors (Lipinski definition) is 1. The molecule has 0 heterocycles. The van der Waals surface area contributed by atoms with Crippen LogP contribution in [0, 0.1) is 0 Å². The second-order valence-corrected chi connectivity index (χ2v) is 3.54. The summed E-state index contributed by atoms with van der Waals surface area (Å²) in [5, 5.41) is 8.23. The van der Waals surface area contributed by atoms with Gasteiger partial charge in [0.15, 0.2) is 0 Å². The molecule has 0 saturated carbocycles. The van der Waals surface area contributed by atoms with Crippen LogP contribution in [0.5, 0.6) is 0 Å². The largest absolute Gasteiger partial charge is 0.477 e. The lowest BCUT2D eigenvalue weighted by Gasteiger charge is -1.96. The molecule has 0 amide bonds. The van der Waals surface area contributed by atoms with Crippen LogP contribution < -0.4 is 0 Å². The van der Waals surface area contributed by atoms with E-state index in [0.29, 0.717) is 5.37 Å². The SMILES string of the molecule is C=CCCCCCCCC.O=C(O)C=S. The molecule has 0 atom stereocenters. The summed E-state index contributed by atoms with van der Waals surface area (Å²) >= 11 is 3.95. The highest BCUT2D eigenvalue weighted by Gasteiger charge is 1.86. The zero-order valence-electron chi connectivity index (χ0n) is 9.58. The van der Waals surface area contributed by atoms with Crippen molar-refractivity contribution >= 4 is 23.6 Å². The van der Waals surface area contributed by atoms with Gasteiger partial charge in [0.05, 0.1) is 5.37 Å². The third kappa shape index (κ3) is 24.7. The third-order valence-electron chi connectivity index (χ3n) is 1.86. The lowest BCUT2D eigenvalue weighted by atomic mass is 10.1. The third-order valence-corrected chi connectivity index (χ3v) is 2.06. The van der Waals surface area contributed by atoms with Gasteiger partial charge in [0.25, 0.3) is 0 Å². The highest BCUT2D eigenvalue weighted by Crippen LogP contribution is 2.06. The van der Waals surface area contributed by atoms with Gasteiger partial charge in [0.1, 0.15) is 0 Å². The molecule has 0 saturated heterocycles. The fraction of sp³-hybridized carbons (Fsp3) is 0.667. The fourth-order valence-electron chi connectivity index (χ4n) is 1.07. The molecule has 0 aliphatic heterocycles. The van der Waals surface area contributed by atoms with Crippen LogP contribution >= 0.6 is 12.2 Å². The first-order valence-electron chi connectivity index (χ1n) is 5.48. The second-order valence-electron chi connectivity index (χ2n) is 3.30. The normalized spacial score (nSPS) is 8.60. The first-order valence-corrected chi connectivity index (χ1v) is 5.95. The van der Waals surface area contributed by atoms with Gasteiger partial charge in [-0.15, -0.1) is 6.58 Å². The van der Waals surface area contributed by atoms with Crippen molar-refractivity contribution in [3.05, 3.63) is 12.7 Å². The van der Waals surface area contributed by atoms with E-state index in [1.54, 1.807) is 0 Å². The Morgan fingerprint density at radius 3 is 2.13 bits per heavy atom. The maximum absolute atomic E-state index is 9.21. The van der Waals surface area contributed by atoms with Crippen LogP contribution in [0.3, 0.4) is 0 Å². The number of aliphatic carboxylic acids is 1. The molecule has 0 aromatic heterocycles. The standard InChI is InChI=1S/C10H20.C2H2O2S/c1-3-5-7-9-10-8-6-4-2;3-2(4)1-5/h3H,1,4-10H2,2H3;1H,(H,3,4). The van der Waals surface area contributed by atoms with Gasteiger partial charge in [-0.05, 0) is 12.8 Å². The van der Waals surface area contributed by atoms with E-state index >= 15 is 0 Å². The number of carboxylic acids is 1. The Morgan fingerprint density at radius 2 is 1.73 bits per heavy atom. The van der Waals surface area contributed by atoms with Crippen LogP contribution in [-0.4, -0.2) is 16.4 Å². The minimum atomic E-state index is -1.06. The highest BCUT2D eigenvalue weighted by molar-refractivity contribution is 7.80. The van der Waals surface area contributed by atoms with Crippen LogP contribution in [-0.2, 0) is 4.79 Å². The molecule has 0 aromatic rings. The minimum absolute atomic E-state index is 0.667. The van der Waals surface area contributed by atoms with Gasteiger partial charge < -0.3 is 5.11 Å². The van der Waals surface area contributed by atoms with Gasteiger partial charge in [0.2, 0.25) is 0 Å². The number of allylic oxidation sites excluding steroid dienone is 1. The summed E-state index contributed by atoms with van der Waals surface area (Å²) in [4.78, 5) is 9.21. The Balaban J connectivity index is 0. The molecule has 3 heteroatoms. The minimum Gasteiger partial charge on any atom is -0.477 e. The Morgan fingerprint density at radius 1 is 1.27 bits per heavy atom. The van der Waals surface area contributed by atoms with E-state index in [0.717, 1.165) is 0 Å². The number of thiocarbonyl (C=S) groups is 1. The van der Waals surface area contributed by atoms with E-state index < -0.39 is 5.97 Å². The smallest absolute Gasteiger partial charge is 0.339 e. The molecule has 0 unspecified atom stereocenters. The molecular weight excluding hydrogens is 208 g/mol. The quantitative estimate of drug-likeness (QED) is 0.389. The van der Waals surface area contributed by atoms with Crippen molar-refractivity contribution in [3.63, 3.8) is 0 Å². The summed E-state index contributed by atoms with van der Waals surface area (Å²) in [5.41, 5.74) is 0. The molecule has 0 fully saturated rings. The van der Waals surface area contributed by atoms with Crippen molar-refractivity contribution in [3.8, 4) is 0 Å². The zero-order valence-corrected chi connectivity index (χ0v) is 10.4. The Bertz CT molecular complexity index is 167. The Labute approximate surface area is 98.4 Å². The summed E-state index contributed by atoms with van der Waals surface area (Å²) < 4.78 is 0. The monoisotopic (exact) mass is 230 g/mol. The Kier molecular flexibility index (Phi) is 17.6. The number of unbranched alkanes of at least 4 members (excludes halogenated alkanes) is 6. The molecule has 0 aliphatic rings. The molecule has 0 spiro atoms. The van der Waals surface area contributed by atoms with Crippen LogP contribution in [0.25, 0.3) is 0 Å². The highest BCUT2D eigenvalue weighted by atomic mass is 32.1. The predicted molar refractivity (Wildman–Crippen MR) is 69.5 cm³/mol. The van der Waals surface area contributed by atoms with Gasteiger partial charge in [-0.3, -0.25) is 0 Å². The maximum Gasteiger partial charge on any atom is 0.339 e. The van der Waals surface area contributed by atoms with Gasteiger partial charge in [-0.2, -0.15) is 0 Å². The lowest BCUT2D eigenvalue weighted by Crippen LogP contribution is -1.89. The molecule has 0 aromatic carbocycles. The lowest BCUT2D eigenvalue weighted by molar-refractivity contribution is -0.128. The number of rotatable bonds is 8. The van der Waals surface area contributed by atoms with Gasteiger partial charge in [-0.25, -0.2) is 4.79 Å². The van der Waals surface area contributed by atoms with Crippen molar-refractivity contribution in [1.29, 1.82) is 0 Å². The number of carboxylic acid groups (broad SMARTS) is 1. The van der Waals surface area contributed by atoms with E-state index in [1.165, 1.54) is 44.9 Å². The average molecular weight is 230 g/mol. The first kappa shape index (κ1) is 16.7. The van der Waals surface area contributed by atoms with Crippen LogP contribution in [0.1, 0.15) is 51.9 Å². The number of carbonyl (C=O) groups is 1. The molecule has 0 radical (unpaired) electrons. The maximum atomic E-state index is 9.21. The van der Waals surface area contributed by atoms with Crippen molar-refractivity contribution in [2.75, 3.05) is 0 Å². The van der Waals surface area contributed by atoms with Crippen LogP contribution in [0.4, 0.5) is 0 Å². The van der Waals surface area contributed by atoms with Gasteiger partial charge in [0, 0.05) is 0 Å². The predicted octanol–water partition coefficient (Wildman–Crippen LogP) is 3.99. The van der Waals surface area contributed by atoms with Crippen LogP contribution in [0.2, 0.25) is 0 Å². The first-order chi connectivity index (χ1) is 7.18. The topological polar surface area (TPSA) is 37.3 Å². The second kappa shape index (κ2) is 15.8. The summed E-state index contributed by atoms with van der Waals surface area (Å²) in [6, 6.07) is 0.